The van der Waals surface area contributed by atoms with E-state index in [0.717, 1.165) is 6.42 Å². The van der Waals surface area contributed by atoms with Crippen molar-refractivity contribution < 1.29 is 30.3 Å². The predicted octanol–water partition coefficient (Wildman–Crippen LogP) is 2.03. The van der Waals surface area contributed by atoms with Crippen LogP contribution in [0, 0.1) is 5.92 Å². The molecule has 0 heterocycles. The monoisotopic (exact) mass is 346 g/mol. The first kappa shape index (κ1) is 14.5. The molecule has 12 heavy (non-hydrogen) atoms. The van der Waals surface area contributed by atoms with Gasteiger partial charge in [0, 0.05) is 33.5 Å². The molecule has 0 aromatic carbocycles. The first-order valence-electron chi connectivity index (χ1n) is 3.96. The van der Waals surface area contributed by atoms with E-state index in [-0.39, 0.29) is 26.5 Å². The second kappa shape index (κ2) is 6.45. The summed E-state index contributed by atoms with van der Waals surface area (Å²) in [6.07, 6.45) is 0.0334. The van der Waals surface area contributed by atoms with Gasteiger partial charge in [-0.15, -0.1) is 0 Å². The molecule has 1 unspecified atom stereocenters. The van der Waals surface area contributed by atoms with Crippen LogP contribution in [0.2, 0.25) is 0 Å². The smallest absolute Gasteiger partial charge is 0.407 e. The quantitative estimate of drug-likeness (QED) is 0.850. The van der Waals surface area contributed by atoms with E-state index in [1.165, 1.54) is 4.90 Å². The van der Waals surface area contributed by atoms with E-state index in [9.17, 15) is 4.79 Å². The molecule has 4 heteroatoms. The Bertz CT molecular complexity index is 139. The van der Waals surface area contributed by atoms with Crippen molar-refractivity contribution in [3.63, 3.8) is 0 Å². The summed E-state index contributed by atoms with van der Waals surface area (Å²) in [5.74, 6) is 0.390. The van der Waals surface area contributed by atoms with Crippen LogP contribution in [0.4, 0.5) is 4.79 Å². The average Bonchev–Trinajstić information content (AvgIpc) is 1.88. The van der Waals surface area contributed by atoms with Gasteiger partial charge in [-0.2, -0.15) is 0 Å². The summed E-state index contributed by atoms with van der Waals surface area (Å²) < 4.78 is 0. The second-order valence-electron chi connectivity index (χ2n) is 3.11. The molecule has 1 radical (unpaired) electrons. The number of carbonyl (C=O) groups is 1. The summed E-state index contributed by atoms with van der Waals surface area (Å²) in [6, 6.07) is 0.146. The minimum Gasteiger partial charge on any atom is -0.465 e. The van der Waals surface area contributed by atoms with Crippen LogP contribution < -0.4 is 0 Å². The molecule has 0 saturated carbocycles. The van der Waals surface area contributed by atoms with E-state index in [1.54, 1.807) is 7.05 Å². The second-order valence-corrected chi connectivity index (χ2v) is 3.11. The van der Waals surface area contributed by atoms with Crippen molar-refractivity contribution in [1.29, 1.82) is 0 Å². The summed E-state index contributed by atoms with van der Waals surface area (Å²) in [5, 5.41) is 8.66. The number of amides is 1. The minimum absolute atomic E-state index is 0. The third-order valence-electron chi connectivity index (χ3n) is 1.99. The molecule has 0 bridgehead atoms. The van der Waals surface area contributed by atoms with Gasteiger partial charge >= 0.3 is 6.09 Å². The summed E-state index contributed by atoms with van der Waals surface area (Å²) in [4.78, 5) is 11.9. The molecule has 0 fully saturated rings. The number of carboxylic acid groups (broad SMARTS) is 1. The van der Waals surface area contributed by atoms with E-state index in [1.807, 2.05) is 20.8 Å². The van der Waals surface area contributed by atoms with Crippen molar-refractivity contribution in [2.24, 2.45) is 5.92 Å². The zero-order valence-electron chi connectivity index (χ0n) is 8.04. The Balaban J connectivity index is 0. The van der Waals surface area contributed by atoms with Crippen LogP contribution in [0.5, 0.6) is 0 Å². The molecule has 0 aromatic rings. The van der Waals surface area contributed by atoms with Crippen molar-refractivity contribution in [1.82, 2.24) is 4.90 Å². The molecule has 0 aromatic heterocycles. The Kier molecular flexibility index (Phi) is 7.77. The Morgan fingerprint density at radius 1 is 1.50 bits per heavy atom. The average molecular weight is 345 g/mol. The van der Waals surface area contributed by atoms with E-state index < -0.39 is 6.09 Å². The molecule has 0 saturated heterocycles. The molecule has 1 atom stereocenters. The van der Waals surface area contributed by atoms with Crippen molar-refractivity contribution >= 4 is 6.09 Å². The number of hydrogen-bond donors (Lipinski definition) is 1. The van der Waals surface area contributed by atoms with Gasteiger partial charge in [0.25, 0.3) is 0 Å². The Morgan fingerprint density at radius 3 is 2.00 bits per heavy atom. The maximum Gasteiger partial charge on any atom is 0.407 e. The summed E-state index contributed by atoms with van der Waals surface area (Å²) in [7, 11) is 1.62. The largest absolute Gasteiger partial charge is 0.465 e. The zero-order chi connectivity index (χ0) is 9.02. The molecular formula is C8H17NO2Re. The van der Waals surface area contributed by atoms with E-state index in [4.69, 9.17) is 5.11 Å². The molecule has 0 spiro atoms. The van der Waals surface area contributed by atoms with Gasteiger partial charge in [0.15, 0.2) is 0 Å². The molecule has 73 valence electrons. The molecule has 1 N–H and O–H groups in total. The van der Waals surface area contributed by atoms with Gasteiger partial charge in [-0.1, -0.05) is 20.8 Å². The predicted molar refractivity (Wildman–Crippen MR) is 44.7 cm³/mol. The normalized spacial score (nSPS) is 12.1. The van der Waals surface area contributed by atoms with Crippen molar-refractivity contribution in [2.75, 3.05) is 7.05 Å². The fraction of sp³-hybridized carbons (Fsp3) is 0.875. The van der Waals surface area contributed by atoms with Crippen LogP contribution in [0.25, 0.3) is 0 Å². The van der Waals surface area contributed by atoms with E-state index >= 15 is 0 Å². The van der Waals surface area contributed by atoms with Crippen LogP contribution in [0.15, 0.2) is 0 Å². The first-order valence-corrected chi connectivity index (χ1v) is 3.96. The van der Waals surface area contributed by atoms with Crippen LogP contribution in [-0.2, 0) is 20.4 Å². The van der Waals surface area contributed by atoms with Crippen LogP contribution in [0.1, 0.15) is 27.2 Å². The molecular weight excluding hydrogens is 328 g/mol. The van der Waals surface area contributed by atoms with Gasteiger partial charge < -0.3 is 10.0 Å². The third kappa shape index (κ3) is 4.08. The van der Waals surface area contributed by atoms with Crippen molar-refractivity contribution in [3.05, 3.63) is 0 Å². The maximum atomic E-state index is 10.5. The zero-order valence-corrected chi connectivity index (χ0v) is 10.8. The molecule has 1 amide bonds. The molecule has 0 aliphatic rings. The first-order chi connectivity index (χ1) is 5.00. The fourth-order valence-corrected chi connectivity index (χ4v) is 1.33. The third-order valence-corrected chi connectivity index (χ3v) is 1.99. The molecule has 0 aliphatic heterocycles. The summed E-state index contributed by atoms with van der Waals surface area (Å²) in [6.45, 7) is 6.07. The van der Waals surface area contributed by atoms with Gasteiger partial charge in [-0.25, -0.2) is 4.79 Å². The van der Waals surface area contributed by atoms with Crippen LogP contribution >= 0.6 is 0 Å². The van der Waals surface area contributed by atoms with E-state index in [2.05, 4.69) is 0 Å². The molecule has 0 aliphatic carbocycles. The minimum atomic E-state index is -0.842. The Morgan fingerprint density at radius 2 is 1.92 bits per heavy atom. The maximum absolute atomic E-state index is 10.5. The Labute approximate surface area is 87.8 Å². The SMILES string of the molecule is CCC(C(C)C)N(C)C(=O)O.[Re]. The number of nitrogens with zero attached hydrogens (tertiary/aromatic N) is 1. The van der Waals surface area contributed by atoms with Crippen molar-refractivity contribution in [2.45, 2.75) is 33.2 Å². The van der Waals surface area contributed by atoms with Crippen LogP contribution in [0.3, 0.4) is 0 Å². The van der Waals surface area contributed by atoms with E-state index in [0.29, 0.717) is 5.92 Å². The van der Waals surface area contributed by atoms with Crippen LogP contribution in [-0.4, -0.2) is 29.2 Å². The summed E-state index contributed by atoms with van der Waals surface area (Å²) >= 11 is 0. The number of hydrogen-bond acceptors (Lipinski definition) is 1. The van der Waals surface area contributed by atoms with Gasteiger partial charge in [0.05, 0.1) is 0 Å². The van der Waals surface area contributed by atoms with Gasteiger partial charge in [-0.05, 0) is 12.3 Å². The number of rotatable bonds is 3. The van der Waals surface area contributed by atoms with Gasteiger partial charge in [0.2, 0.25) is 0 Å². The van der Waals surface area contributed by atoms with Gasteiger partial charge in [-0.3, -0.25) is 0 Å². The molecule has 0 rings (SSSR count). The fourth-order valence-electron chi connectivity index (χ4n) is 1.33. The topological polar surface area (TPSA) is 40.5 Å². The van der Waals surface area contributed by atoms with Crippen molar-refractivity contribution in [3.8, 4) is 0 Å². The molecule has 3 nitrogen and oxygen atoms in total. The summed E-state index contributed by atoms with van der Waals surface area (Å²) in [5.41, 5.74) is 0. The van der Waals surface area contributed by atoms with Gasteiger partial charge in [0.1, 0.15) is 0 Å². The standard InChI is InChI=1S/C8H17NO2.Re/c1-5-7(6(2)3)9(4)8(10)11;/h6-7H,5H2,1-4H3,(H,10,11);. The Hall–Kier alpha value is -0.0677.